The van der Waals surface area contributed by atoms with Crippen molar-refractivity contribution in [2.75, 3.05) is 30.9 Å². The van der Waals surface area contributed by atoms with Crippen LogP contribution in [0.3, 0.4) is 0 Å². The Morgan fingerprint density at radius 3 is 2.65 bits per heavy atom. The fourth-order valence-electron chi connectivity index (χ4n) is 2.57. The van der Waals surface area contributed by atoms with Gasteiger partial charge in [0.15, 0.2) is 11.5 Å². The zero-order chi connectivity index (χ0) is 15.6. The van der Waals surface area contributed by atoms with Gasteiger partial charge in [0.1, 0.15) is 19.0 Å². The molecule has 2 heterocycles. The van der Waals surface area contributed by atoms with Crippen molar-refractivity contribution in [3.63, 3.8) is 0 Å². The number of benzene rings is 2. The molecule has 0 spiro atoms. The highest BCUT2D eigenvalue weighted by Crippen LogP contribution is 2.33. The smallest absolute Gasteiger partial charge is 0.229 e. The molecule has 0 atom stereocenters. The molecule has 3 aromatic rings. The van der Waals surface area contributed by atoms with Crippen molar-refractivity contribution in [3.8, 4) is 11.5 Å². The number of nitrogens with one attached hydrogen (secondary N) is 2. The molecule has 1 aromatic heterocycles. The van der Waals surface area contributed by atoms with Crippen LogP contribution in [0.2, 0.25) is 0 Å². The predicted octanol–water partition coefficient (Wildman–Crippen LogP) is 3.19. The van der Waals surface area contributed by atoms with Gasteiger partial charge in [-0.1, -0.05) is 12.1 Å². The van der Waals surface area contributed by atoms with Gasteiger partial charge in [0, 0.05) is 24.2 Å². The van der Waals surface area contributed by atoms with E-state index in [-0.39, 0.29) is 0 Å². The van der Waals surface area contributed by atoms with E-state index in [1.54, 1.807) is 0 Å². The van der Waals surface area contributed by atoms with Crippen LogP contribution in [-0.4, -0.2) is 30.2 Å². The van der Waals surface area contributed by atoms with E-state index in [9.17, 15) is 0 Å². The van der Waals surface area contributed by atoms with Crippen LogP contribution >= 0.6 is 0 Å². The molecule has 2 N–H and O–H groups in total. The number of fused-ring (bicyclic) bond motifs is 2. The Morgan fingerprint density at radius 2 is 1.78 bits per heavy atom. The lowest BCUT2D eigenvalue weighted by Crippen LogP contribution is -2.15. The first-order chi connectivity index (χ1) is 11.3. The second-order valence-corrected chi connectivity index (χ2v) is 5.15. The molecular weight excluding hydrogens is 292 g/mol. The second kappa shape index (κ2) is 5.64. The van der Waals surface area contributed by atoms with Gasteiger partial charge in [0.05, 0.1) is 5.52 Å². The van der Waals surface area contributed by atoms with Crippen LogP contribution in [0.4, 0.5) is 17.5 Å². The van der Waals surface area contributed by atoms with E-state index < -0.39 is 0 Å². The molecule has 0 radical (unpaired) electrons. The van der Waals surface area contributed by atoms with Crippen molar-refractivity contribution in [1.29, 1.82) is 0 Å². The third kappa shape index (κ3) is 2.59. The highest BCUT2D eigenvalue weighted by atomic mass is 16.6. The number of nitrogens with zero attached hydrogens (tertiary/aromatic N) is 2. The number of rotatable bonds is 3. The van der Waals surface area contributed by atoms with Crippen molar-refractivity contribution in [1.82, 2.24) is 9.97 Å². The highest BCUT2D eigenvalue weighted by Gasteiger charge is 2.13. The minimum absolute atomic E-state index is 0.532. The summed E-state index contributed by atoms with van der Waals surface area (Å²) in [6.45, 7) is 1.14. The average molecular weight is 308 g/mol. The SMILES string of the molecule is CNc1nc(Nc2ccc3c(c2)OCCO3)nc2ccccc12. The largest absolute Gasteiger partial charge is 0.486 e. The summed E-state index contributed by atoms with van der Waals surface area (Å²) in [4.78, 5) is 9.08. The Labute approximate surface area is 133 Å². The Kier molecular flexibility index (Phi) is 3.34. The van der Waals surface area contributed by atoms with Gasteiger partial charge < -0.3 is 20.1 Å². The van der Waals surface area contributed by atoms with Gasteiger partial charge in [-0.2, -0.15) is 4.98 Å². The molecule has 23 heavy (non-hydrogen) atoms. The average Bonchev–Trinajstić information content (AvgIpc) is 2.61. The normalized spacial score (nSPS) is 12.9. The molecular formula is C17H16N4O2. The fraction of sp³-hybridized carbons (Fsp3) is 0.176. The van der Waals surface area contributed by atoms with Gasteiger partial charge in [-0.3, -0.25) is 0 Å². The van der Waals surface area contributed by atoms with Crippen LogP contribution in [0.1, 0.15) is 0 Å². The van der Waals surface area contributed by atoms with Crippen molar-refractivity contribution in [2.24, 2.45) is 0 Å². The lowest BCUT2D eigenvalue weighted by molar-refractivity contribution is 0.171. The Balaban J connectivity index is 1.70. The molecule has 0 saturated heterocycles. The van der Waals surface area contributed by atoms with Crippen LogP contribution in [0.15, 0.2) is 42.5 Å². The number of hydrogen-bond donors (Lipinski definition) is 2. The van der Waals surface area contributed by atoms with Gasteiger partial charge in [-0.15, -0.1) is 0 Å². The number of ether oxygens (including phenoxy) is 2. The van der Waals surface area contributed by atoms with E-state index in [2.05, 4.69) is 20.6 Å². The summed E-state index contributed by atoms with van der Waals surface area (Å²) in [7, 11) is 1.85. The topological polar surface area (TPSA) is 68.3 Å². The van der Waals surface area contributed by atoms with Crippen molar-refractivity contribution >= 4 is 28.4 Å². The van der Waals surface area contributed by atoms with Gasteiger partial charge in [-0.25, -0.2) is 4.98 Å². The summed E-state index contributed by atoms with van der Waals surface area (Å²) in [5.41, 5.74) is 1.73. The summed E-state index contributed by atoms with van der Waals surface area (Å²) in [5.74, 6) is 2.81. The van der Waals surface area contributed by atoms with E-state index in [0.29, 0.717) is 19.2 Å². The Bertz CT molecular complexity index is 866. The number of anilines is 3. The molecule has 2 aromatic carbocycles. The molecule has 1 aliphatic heterocycles. The van der Waals surface area contributed by atoms with E-state index in [1.807, 2.05) is 49.5 Å². The molecule has 0 saturated carbocycles. The number of para-hydroxylation sites is 1. The van der Waals surface area contributed by atoms with E-state index in [1.165, 1.54) is 0 Å². The molecule has 1 aliphatic rings. The van der Waals surface area contributed by atoms with E-state index >= 15 is 0 Å². The summed E-state index contributed by atoms with van der Waals surface area (Å²) < 4.78 is 11.1. The molecule has 0 amide bonds. The van der Waals surface area contributed by atoms with E-state index in [4.69, 9.17) is 9.47 Å². The van der Waals surface area contributed by atoms with Crippen molar-refractivity contribution in [3.05, 3.63) is 42.5 Å². The maximum atomic E-state index is 5.60. The van der Waals surface area contributed by atoms with Crippen LogP contribution in [-0.2, 0) is 0 Å². The van der Waals surface area contributed by atoms with Crippen molar-refractivity contribution in [2.45, 2.75) is 0 Å². The van der Waals surface area contributed by atoms with Crippen LogP contribution in [0.25, 0.3) is 10.9 Å². The predicted molar refractivity (Wildman–Crippen MR) is 89.8 cm³/mol. The zero-order valence-electron chi connectivity index (χ0n) is 12.7. The molecule has 0 unspecified atom stereocenters. The third-order valence-electron chi connectivity index (χ3n) is 3.64. The van der Waals surface area contributed by atoms with Gasteiger partial charge >= 0.3 is 0 Å². The lowest BCUT2D eigenvalue weighted by Gasteiger charge is -2.19. The molecule has 6 nitrogen and oxygen atoms in total. The van der Waals surface area contributed by atoms with Gasteiger partial charge in [-0.05, 0) is 24.3 Å². The molecule has 4 rings (SSSR count). The van der Waals surface area contributed by atoms with Gasteiger partial charge in [0.25, 0.3) is 0 Å². The Hall–Kier alpha value is -3.02. The zero-order valence-corrected chi connectivity index (χ0v) is 12.7. The molecule has 6 heteroatoms. The molecule has 0 bridgehead atoms. The third-order valence-corrected chi connectivity index (χ3v) is 3.64. The minimum Gasteiger partial charge on any atom is -0.486 e. The number of aromatic nitrogens is 2. The second-order valence-electron chi connectivity index (χ2n) is 5.15. The van der Waals surface area contributed by atoms with Crippen LogP contribution in [0, 0.1) is 0 Å². The van der Waals surface area contributed by atoms with Gasteiger partial charge in [0.2, 0.25) is 5.95 Å². The maximum absolute atomic E-state index is 5.60. The lowest BCUT2D eigenvalue weighted by atomic mass is 10.2. The molecule has 116 valence electrons. The molecule has 0 fully saturated rings. The van der Waals surface area contributed by atoms with E-state index in [0.717, 1.165) is 33.9 Å². The minimum atomic E-state index is 0.532. The maximum Gasteiger partial charge on any atom is 0.229 e. The fourth-order valence-corrected chi connectivity index (χ4v) is 2.57. The quantitative estimate of drug-likeness (QED) is 0.774. The summed E-state index contributed by atoms with van der Waals surface area (Å²) >= 11 is 0. The monoisotopic (exact) mass is 308 g/mol. The number of hydrogen-bond acceptors (Lipinski definition) is 6. The summed E-state index contributed by atoms with van der Waals surface area (Å²) in [5, 5.41) is 7.32. The van der Waals surface area contributed by atoms with Crippen molar-refractivity contribution < 1.29 is 9.47 Å². The van der Waals surface area contributed by atoms with Crippen LogP contribution in [0.5, 0.6) is 11.5 Å². The Morgan fingerprint density at radius 1 is 0.957 bits per heavy atom. The first kappa shape index (κ1) is 13.6. The highest BCUT2D eigenvalue weighted by molar-refractivity contribution is 5.90. The first-order valence-electron chi connectivity index (χ1n) is 7.45. The summed E-state index contributed by atoms with van der Waals surface area (Å²) in [6.07, 6.45) is 0. The summed E-state index contributed by atoms with van der Waals surface area (Å²) in [6, 6.07) is 13.6. The van der Waals surface area contributed by atoms with Crippen LogP contribution < -0.4 is 20.1 Å². The first-order valence-corrected chi connectivity index (χ1v) is 7.45. The molecule has 0 aliphatic carbocycles. The standard InChI is InChI=1S/C17H16N4O2/c1-18-16-12-4-2-3-5-13(12)20-17(21-16)19-11-6-7-14-15(10-11)23-9-8-22-14/h2-7,10H,8-9H2,1H3,(H2,18,19,20,21).